The van der Waals surface area contributed by atoms with E-state index < -0.39 is 0 Å². The number of ether oxygens (including phenoxy) is 1. The second kappa shape index (κ2) is 10.1. The van der Waals surface area contributed by atoms with Gasteiger partial charge in [-0.1, -0.05) is 35.9 Å². The molecular weight excluding hydrogens is 422 g/mol. The Hall–Kier alpha value is -2.97. The van der Waals surface area contributed by atoms with Crippen LogP contribution in [0.15, 0.2) is 48.5 Å². The average molecular weight is 452 g/mol. The summed E-state index contributed by atoms with van der Waals surface area (Å²) in [5.41, 5.74) is 3.34. The number of rotatable bonds is 6. The summed E-state index contributed by atoms with van der Waals surface area (Å²) >= 11 is 5.42. The summed E-state index contributed by atoms with van der Waals surface area (Å²) in [6.45, 7) is 6.38. The first-order valence-electron chi connectivity index (χ1n) is 10.9. The molecule has 168 valence electrons. The molecular formula is C24H29N5O2S. The van der Waals surface area contributed by atoms with E-state index in [2.05, 4.69) is 33.3 Å². The van der Waals surface area contributed by atoms with E-state index in [4.69, 9.17) is 17.0 Å². The Morgan fingerprint density at radius 1 is 1.12 bits per heavy atom. The number of carbonyl (C=O) groups excluding carboxylic acids is 1. The number of amides is 1. The van der Waals surface area contributed by atoms with Crippen molar-refractivity contribution in [2.24, 2.45) is 0 Å². The lowest BCUT2D eigenvalue weighted by atomic mass is 10.1. The molecule has 0 saturated carbocycles. The lowest BCUT2D eigenvalue weighted by Crippen LogP contribution is -2.37. The summed E-state index contributed by atoms with van der Waals surface area (Å²) in [6, 6.07) is 16.2. The van der Waals surface area contributed by atoms with E-state index >= 15 is 0 Å². The normalized spacial score (nSPS) is 14.9. The van der Waals surface area contributed by atoms with Crippen molar-refractivity contribution in [3.8, 4) is 17.1 Å². The molecule has 2 aromatic carbocycles. The van der Waals surface area contributed by atoms with E-state index in [1.54, 1.807) is 11.7 Å². The van der Waals surface area contributed by atoms with Gasteiger partial charge in [0.2, 0.25) is 5.91 Å². The second-order valence-corrected chi connectivity index (χ2v) is 8.55. The first-order chi connectivity index (χ1) is 15.5. The fourth-order valence-electron chi connectivity index (χ4n) is 4.07. The number of benzene rings is 2. The van der Waals surface area contributed by atoms with E-state index in [9.17, 15) is 4.79 Å². The molecule has 0 radical (unpaired) electrons. The summed E-state index contributed by atoms with van der Waals surface area (Å²) in [6.07, 6.45) is 0.948. The number of hydrogen-bond donors (Lipinski definition) is 1. The molecule has 1 aromatic heterocycles. The molecule has 0 bridgehead atoms. The van der Waals surface area contributed by atoms with Gasteiger partial charge in [-0.25, -0.2) is 0 Å². The zero-order valence-electron chi connectivity index (χ0n) is 18.6. The zero-order chi connectivity index (χ0) is 22.5. The topological polar surface area (TPSA) is 66.4 Å². The Labute approximate surface area is 193 Å². The van der Waals surface area contributed by atoms with Crippen LogP contribution in [0.1, 0.15) is 17.5 Å². The molecule has 2 heterocycles. The number of hydrogen-bond acceptors (Lipinski definition) is 5. The van der Waals surface area contributed by atoms with Gasteiger partial charge < -0.3 is 9.64 Å². The number of nitrogens with zero attached hydrogens (tertiary/aromatic N) is 4. The van der Waals surface area contributed by atoms with E-state index in [-0.39, 0.29) is 12.5 Å². The molecule has 32 heavy (non-hydrogen) atoms. The average Bonchev–Trinajstić information content (AvgIpc) is 3.00. The number of aromatic nitrogens is 3. The van der Waals surface area contributed by atoms with Crippen LogP contribution in [0, 0.1) is 11.7 Å². The van der Waals surface area contributed by atoms with Crippen LogP contribution in [-0.2, 0) is 17.9 Å². The van der Waals surface area contributed by atoms with Crippen molar-refractivity contribution < 1.29 is 9.53 Å². The molecule has 1 amide bonds. The smallest absolute Gasteiger partial charge is 0.242 e. The molecule has 1 aliphatic heterocycles. The Kier molecular flexibility index (Phi) is 7.02. The maximum Gasteiger partial charge on any atom is 0.242 e. The van der Waals surface area contributed by atoms with Gasteiger partial charge in [0.1, 0.15) is 12.3 Å². The number of nitrogens with one attached hydrogen (secondary N) is 1. The number of H-pyrrole nitrogens is 1. The molecule has 1 N–H and O–H groups in total. The minimum atomic E-state index is 0.0719. The van der Waals surface area contributed by atoms with Crippen LogP contribution >= 0.6 is 12.2 Å². The Balaban J connectivity index is 1.39. The predicted molar refractivity (Wildman–Crippen MR) is 127 cm³/mol. The molecule has 1 saturated heterocycles. The van der Waals surface area contributed by atoms with E-state index in [0.29, 0.717) is 17.1 Å². The first-order valence-corrected chi connectivity index (χ1v) is 11.3. The molecule has 0 spiro atoms. The number of methoxy groups -OCH3 is 1. The molecule has 0 unspecified atom stereocenters. The Bertz CT molecular complexity index is 1120. The molecule has 1 aliphatic rings. The highest BCUT2D eigenvalue weighted by Gasteiger charge is 2.21. The van der Waals surface area contributed by atoms with Crippen LogP contribution in [-0.4, -0.2) is 63.8 Å². The maximum absolute atomic E-state index is 13.1. The lowest BCUT2D eigenvalue weighted by molar-refractivity contribution is -0.131. The SMILES string of the molecule is COc1ccc(CN2CCCN(C(=O)Cn3c(-c4cccc(C)c4)n[nH]c3=S)CC2)cc1. The fraction of sp³-hybridized carbons (Fsp3) is 0.375. The third-order valence-electron chi connectivity index (χ3n) is 5.83. The number of aryl methyl sites for hydroxylation is 1. The molecule has 8 heteroatoms. The van der Waals surface area contributed by atoms with Crippen LogP contribution in [0.25, 0.3) is 11.4 Å². The number of carbonyl (C=O) groups is 1. The van der Waals surface area contributed by atoms with Gasteiger partial charge in [0.15, 0.2) is 10.6 Å². The second-order valence-electron chi connectivity index (χ2n) is 8.17. The van der Waals surface area contributed by atoms with Crippen molar-refractivity contribution in [2.75, 3.05) is 33.3 Å². The maximum atomic E-state index is 13.1. The van der Waals surface area contributed by atoms with Gasteiger partial charge in [-0.3, -0.25) is 19.4 Å². The van der Waals surface area contributed by atoms with Crippen molar-refractivity contribution in [1.82, 2.24) is 24.6 Å². The van der Waals surface area contributed by atoms with Gasteiger partial charge in [0.25, 0.3) is 0 Å². The Morgan fingerprint density at radius 2 is 1.94 bits per heavy atom. The van der Waals surface area contributed by atoms with Crippen molar-refractivity contribution in [3.05, 3.63) is 64.4 Å². The minimum absolute atomic E-state index is 0.0719. The minimum Gasteiger partial charge on any atom is -0.497 e. The summed E-state index contributed by atoms with van der Waals surface area (Å²) in [5.74, 6) is 1.63. The highest BCUT2D eigenvalue weighted by molar-refractivity contribution is 7.71. The first kappa shape index (κ1) is 22.2. The van der Waals surface area contributed by atoms with Crippen LogP contribution in [0.3, 0.4) is 0 Å². The summed E-state index contributed by atoms with van der Waals surface area (Å²) in [5, 5.41) is 7.22. The molecule has 7 nitrogen and oxygen atoms in total. The van der Waals surface area contributed by atoms with E-state index in [1.807, 2.05) is 42.2 Å². The van der Waals surface area contributed by atoms with Gasteiger partial charge in [-0.05, 0) is 49.3 Å². The predicted octanol–water partition coefficient (Wildman–Crippen LogP) is 3.66. The highest BCUT2D eigenvalue weighted by Crippen LogP contribution is 2.19. The summed E-state index contributed by atoms with van der Waals surface area (Å²) in [7, 11) is 1.68. The van der Waals surface area contributed by atoms with Crippen molar-refractivity contribution in [2.45, 2.75) is 26.4 Å². The largest absolute Gasteiger partial charge is 0.497 e. The van der Waals surface area contributed by atoms with Crippen LogP contribution < -0.4 is 4.74 Å². The standard InChI is InChI=1S/C24H29N5O2S/c1-18-5-3-6-20(15-18)23-25-26-24(32)29(23)17-22(30)28-12-4-11-27(13-14-28)16-19-7-9-21(31-2)10-8-19/h3,5-10,15H,4,11-14,16-17H2,1-2H3,(H,26,32). The number of aromatic amines is 1. The lowest BCUT2D eigenvalue weighted by Gasteiger charge is -2.22. The van der Waals surface area contributed by atoms with Gasteiger partial charge >= 0.3 is 0 Å². The third-order valence-corrected chi connectivity index (χ3v) is 6.15. The van der Waals surface area contributed by atoms with Gasteiger partial charge in [0.05, 0.1) is 7.11 Å². The summed E-state index contributed by atoms with van der Waals surface area (Å²) in [4.78, 5) is 17.5. The Morgan fingerprint density at radius 3 is 2.69 bits per heavy atom. The van der Waals surface area contributed by atoms with Crippen LogP contribution in [0.4, 0.5) is 0 Å². The van der Waals surface area contributed by atoms with Gasteiger partial charge in [-0.15, -0.1) is 0 Å². The third kappa shape index (κ3) is 5.26. The molecule has 1 fully saturated rings. The molecule has 4 rings (SSSR count). The van der Waals surface area contributed by atoms with Gasteiger partial charge in [-0.2, -0.15) is 5.10 Å². The molecule has 3 aromatic rings. The molecule has 0 aliphatic carbocycles. The quantitative estimate of drug-likeness (QED) is 0.580. The van der Waals surface area contributed by atoms with Gasteiger partial charge in [0, 0.05) is 38.3 Å². The fourth-order valence-corrected chi connectivity index (χ4v) is 4.27. The van der Waals surface area contributed by atoms with Crippen LogP contribution in [0.5, 0.6) is 5.75 Å². The summed E-state index contributed by atoms with van der Waals surface area (Å²) < 4.78 is 7.50. The van der Waals surface area contributed by atoms with E-state index in [1.165, 1.54) is 5.56 Å². The zero-order valence-corrected chi connectivity index (χ0v) is 19.4. The molecule has 0 atom stereocenters. The van der Waals surface area contributed by atoms with Crippen LogP contribution in [0.2, 0.25) is 0 Å². The van der Waals surface area contributed by atoms with Crippen molar-refractivity contribution in [3.63, 3.8) is 0 Å². The highest BCUT2D eigenvalue weighted by atomic mass is 32.1. The van der Waals surface area contributed by atoms with Crippen molar-refractivity contribution in [1.29, 1.82) is 0 Å². The van der Waals surface area contributed by atoms with Crippen molar-refractivity contribution >= 4 is 18.1 Å². The monoisotopic (exact) mass is 451 g/mol. The van der Waals surface area contributed by atoms with E-state index in [0.717, 1.165) is 49.5 Å².